The molecule has 2 N–H and O–H groups in total. The van der Waals surface area contributed by atoms with Crippen molar-refractivity contribution in [3.05, 3.63) is 24.3 Å². The van der Waals surface area contributed by atoms with Crippen LogP contribution in [0.1, 0.15) is 27.1 Å². The molecule has 356 valence electrons. The van der Waals surface area contributed by atoms with E-state index in [0.717, 1.165) is 0 Å². The van der Waals surface area contributed by atoms with Crippen LogP contribution in [-0.2, 0) is 77.1 Å². The van der Waals surface area contributed by atoms with Gasteiger partial charge >= 0.3 is 51.4 Å². The van der Waals surface area contributed by atoms with Gasteiger partial charge in [0.05, 0.1) is 157 Å². The monoisotopic (exact) mass is 950 g/mol. The van der Waals surface area contributed by atoms with E-state index in [4.69, 9.17) is 75.4 Å². The van der Waals surface area contributed by atoms with Gasteiger partial charge in [-0.1, -0.05) is 12.1 Å². The van der Waals surface area contributed by atoms with E-state index >= 15 is 0 Å². The number of hydrogen-bond acceptors (Lipinski definition) is 18. The number of para-hydroxylation sites is 2. The minimum Gasteiger partial charge on any atom is -1.00 e. The van der Waals surface area contributed by atoms with E-state index in [9.17, 15) is 16.8 Å². The van der Waals surface area contributed by atoms with E-state index < -0.39 is 20.2 Å². The zero-order valence-corrected chi connectivity index (χ0v) is 40.8. The maximum Gasteiger partial charge on any atom is 1.00 e. The molecule has 1 rings (SSSR count). The van der Waals surface area contributed by atoms with Gasteiger partial charge in [0.25, 0.3) is 20.2 Å². The molecule has 0 radical (unpaired) electrons. The fourth-order valence-electron chi connectivity index (χ4n) is 4.49. The molecule has 23 heteroatoms. The van der Waals surface area contributed by atoms with E-state index in [-0.39, 0.29) is 64.3 Å². The van der Waals surface area contributed by atoms with Crippen molar-refractivity contribution in [3.8, 4) is 11.5 Å². The zero-order valence-electron chi connectivity index (χ0n) is 37.0. The van der Waals surface area contributed by atoms with Crippen molar-refractivity contribution in [1.29, 1.82) is 0 Å². The van der Waals surface area contributed by atoms with E-state index in [1.54, 1.807) is 0 Å². The minimum atomic E-state index is -3.90. The molecule has 0 aliphatic rings. The molecule has 0 saturated heterocycles. The van der Waals surface area contributed by atoms with Crippen molar-refractivity contribution in [2.75, 3.05) is 183 Å². The van der Waals surface area contributed by atoms with Gasteiger partial charge in [0, 0.05) is 13.2 Å². The fourth-order valence-corrected chi connectivity index (χ4v) is 5.63. The van der Waals surface area contributed by atoms with Crippen LogP contribution in [0.3, 0.4) is 0 Å². The average Bonchev–Trinajstić information content (AvgIpc) is 3.21. The van der Waals surface area contributed by atoms with Crippen LogP contribution in [0, 0.1) is 0 Å². The summed E-state index contributed by atoms with van der Waals surface area (Å²) < 4.78 is 137. The standard InChI is InChI=1S/C38H70O20S2.K.H/c39-59(40,41)35-5-3-9-45-11-13-47-15-17-49-19-21-51-23-25-53-27-29-55-31-33-57-37-7-1-2-8-38(37)58-34-32-56-30-28-54-26-24-52-22-20-50-18-16-48-14-12-46-10-4-6-36-60(42,43)44;;/h1-2,7-8H,3-6,9-36H2,(H,39,40,41)(H,42,43,44);;/q;+1;-1. The van der Waals surface area contributed by atoms with Gasteiger partial charge in [0.15, 0.2) is 11.5 Å². The number of rotatable bonds is 48. The van der Waals surface area contributed by atoms with Gasteiger partial charge in [-0.25, -0.2) is 0 Å². The third-order valence-electron chi connectivity index (χ3n) is 7.42. The summed E-state index contributed by atoms with van der Waals surface area (Å²) in [5.74, 6) is 0.740. The van der Waals surface area contributed by atoms with E-state index in [1.165, 1.54) is 0 Å². The Kier molecular flexibility index (Phi) is 44.8. The predicted molar refractivity (Wildman–Crippen MR) is 220 cm³/mol. The first-order valence-electron chi connectivity index (χ1n) is 20.4. The first kappa shape index (κ1) is 60.8. The van der Waals surface area contributed by atoms with E-state index in [1.807, 2.05) is 24.3 Å². The van der Waals surface area contributed by atoms with Crippen LogP contribution >= 0.6 is 0 Å². The van der Waals surface area contributed by atoms with E-state index in [0.29, 0.717) is 209 Å². The molecule has 20 nitrogen and oxygen atoms in total. The Labute approximate surface area is 406 Å². The molecular formula is C38H71KO20S2. The fraction of sp³-hybridized carbons (Fsp3) is 0.842. The Balaban J connectivity index is 0. The molecule has 0 spiro atoms. The molecule has 0 aromatic heterocycles. The second-order valence-electron chi connectivity index (χ2n) is 12.5. The Hall–Kier alpha value is -0.204. The van der Waals surface area contributed by atoms with Crippen molar-refractivity contribution in [1.82, 2.24) is 0 Å². The molecule has 0 amide bonds. The van der Waals surface area contributed by atoms with Crippen LogP contribution in [0.5, 0.6) is 11.5 Å². The number of ether oxygens (including phenoxy) is 14. The summed E-state index contributed by atoms with van der Waals surface area (Å²) in [6.07, 6.45) is 1.83. The van der Waals surface area contributed by atoms with Crippen LogP contribution in [-0.4, -0.2) is 209 Å². The van der Waals surface area contributed by atoms with Crippen LogP contribution in [0.2, 0.25) is 0 Å². The summed E-state index contributed by atoms with van der Waals surface area (Å²) in [5, 5.41) is 0. The summed E-state index contributed by atoms with van der Waals surface area (Å²) in [7, 11) is -7.80. The second kappa shape index (κ2) is 45.0. The molecule has 0 aliphatic heterocycles. The molecule has 0 bridgehead atoms. The summed E-state index contributed by atoms with van der Waals surface area (Å²) in [6, 6.07) is 7.42. The van der Waals surface area contributed by atoms with Gasteiger partial charge in [-0.3, -0.25) is 9.11 Å². The SMILES string of the molecule is O=S(=O)(O)CCCCOCCOCCOCCOCCOCCOCCOc1ccccc1OCCOCCOCCOCCOCCOCCOCCCCS(=O)(=O)O.[H-].[K+]. The van der Waals surface area contributed by atoms with Gasteiger partial charge in [-0.05, 0) is 37.8 Å². The summed E-state index contributed by atoms with van der Waals surface area (Å²) in [6.45, 7) is 11.1. The third kappa shape index (κ3) is 47.6. The Bertz CT molecular complexity index is 1210. The van der Waals surface area contributed by atoms with Crippen molar-refractivity contribution >= 4 is 20.2 Å². The van der Waals surface area contributed by atoms with Gasteiger partial charge in [0.1, 0.15) is 13.2 Å². The molecule has 0 fully saturated rings. The van der Waals surface area contributed by atoms with Gasteiger partial charge in [-0.15, -0.1) is 0 Å². The number of benzene rings is 1. The predicted octanol–water partition coefficient (Wildman–Crippen LogP) is -0.904. The van der Waals surface area contributed by atoms with Crippen LogP contribution in [0.25, 0.3) is 0 Å². The molecule has 0 aliphatic carbocycles. The number of unbranched alkanes of at least 4 members (excludes halogenated alkanes) is 2. The van der Waals surface area contributed by atoms with Crippen molar-refractivity contribution in [2.45, 2.75) is 25.7 Å². The molecule has 1 aromatic carbocycles. The zero-order chi connectivity index (χ0) is 43.5. The normalized spacial score (nSPS) is 11.8. The average molecular weight is 951 g/mol. The van der Waals surface area contributed by atoms with E-state index in [2.05, 4.69) is 0 Å². The molecule has 0 atom stereocenters. The number of hydrogen-bond donors (Lipinski definition) is 2. The first-order valence-corrected chi connectivity index (χ1v) is 23.6. The van der Waals surface area contributed by atoms with Gasteiger partial charge < -0.3 is 67.7 Å². The maximum absolute atomic E-state index is 10.6. The summed E-state index contributed by atoms with van der Waals surface area (Å²) in [4.78, 5) is 0. The molecule has 61 heavy (non-hydrogen) atoms. The van der Waals surface area contributed by atoms with Crippen LogP contribution in [0.15, 0.2) is 24.3 Å². The molecule has 0 unspecified atom stereocenters. The minimum absolute atomic E-state index is 0. The Morgan fingerprint density at radius 3 is 0.738 bits per heavy atom. The topological polar surface area (TPSA) is 238 Å². The molecule has 0 heterocycles. The Morgan fingerprint density at radius 1 is 0.328 bits per heavy atom. The smallest absolute Gasteiger partial charge is 1.00 e. The largest absolute Gasteiger partial charge is 1.00 e. The first-order chi connectivity index (χ1) is 29.2. The van der Waals surface area contributed by atoms with Crippen molar-refractivity contribution in [3.63, 3.8) is 0 Å². The second-order valence-corrected chi connectivity index (χ2v) is 15.6. The summed E-state index contributed by atoms with van der Waals surface area (Å²) in [5.41, 5.74) is 0. The van der Waals surface area contributed by atoms with Gasteiger partial charge in [0.2, 0.25) is 0 Å². The maximum atomic E-state index is 10.6. The molecule has 1 aromatic rings. The van der Waals surface area contributed by atoms with Crippen LogP contribution < -0.4 is 60.9 Å². The van der Waals surface area contributed by atoms with Crippen molar-refractivity contribution < 1.29 is 145 Å². The van der Waals surface area contributed by atoms with Crippen LogP contribution in [0.4, 0.5) is 0 Å². The Morgan fingerprint density at radius 2 is 0.525 bits per heavy atom. The molecule has 0 saturated carbocycles. The molecular weight excluding hydrogens is 880 g/mol. The van der Waals surface area contributed by atoms with Gasteiger partial charge in [-0.2, -0.15) is 16.8 Å². The quantitative estimate of drug-likeness (QED) is 0.0457. The third-order valence-corrected chi connectivity index (χ3v) is 9.03. The van der Waals surface area contributed by atoms with Crippen molar-refractivity contribution in [2.24, 2.45) is 0 Å². The summed E-state index contributed by atoms with van der Waals surface area (Å²) >= 11 is 0.